The Morgan fingerprint density at radius 3 is 1.68 bits per heavy atom. The molecule has 7 heteroatoms. The van der Waals surface area contributed by atoms with Crippen molar-refractivity contribution in [2.75, 3.05) is 5.75 Å². The predicted octanol–water partition coefficient (Wildman–Crippen LogP) is 2.92. The second kappa shape index (κ2) is 11.3. The van der Waals surface area contributed by atoms with E-state index in [9.17, 15) is 18.6 Å². The molecule has 1 aliphatic rings. The number of benzene rings is 3. The molecule has 5 unspecified atom stereocenters. The SMILES string of the molecule is O=S1(=O)CC(OCc2ccccc2)C(O)C(O)C(OCc2ccccc2)C1Cc1ccccc1. The summed E-state index contributed by atoms with van der Waals surface area (Å²) in [5.74, 6) is -0.402. The third-order valence-electron chi connectivity index (χ3n) is 6.16. The number of aliphatic hydroxyl groups is 2. The van der Waals surface area contributed by atoms with E-state index in [4.69, 9.17) is 9.47 Å². The molecule has 34 heavy (non-hydrogen) atoms. The first kappa shape index (κ1) is 24.6. The van der Waals surface area contributed by atoms with Gasteiger partial charge in [0.15, 0.2) is 9.84 Å². The van der Waals surface area contributed by atoms with Crippen molar-refractivity contribution in [3.8, 4) is 0 Å². The van der Waals surface area contributed by atoms with Crippen molar-refractivity contribution in [3.63, 3.8) is 0 Å². The van der Waals surface area contributed by atoms with E-state index >= 15 is 0 Å². The van der Waals surface area contributed by atoms with Gasteiger partial charge in [-0.25, -0.2) is 8.42 Å². The van der Waals surface area contributed by atoms with E-state index in [1.54, 1.807) is 0 Å². The highest BCUT2D eigenvalue weighted by molar-refractivity contribution is 7.92. The van der Waals surface area contributed by atoms with Crippen LogP contribution in [0.2, 0.25) is 0 Å². The molecule has 1 saturated heterocycles. The number of ether oxygens (including phenoxy) is 2. The fourth-order valence-electron chi connectivity index (χ4n) is 4.28. The minimum absolute atomic E-state index is 0.117. The Morgan fingerprint density at radius 1 is 0.676 bits per heavy atom. The van der Waals surface area contributed by atoms with Gasteiger partial charge in [0, 0.05) is 0 Å². The molecule has 6 nitrogen and oxygen atoms in total. The summed E-state index contributed by atoms with van der Waals surface area (Å²) >= 11 is 0. The van der Waals surface area contributed by atoms with Crippen molar-refractivity contribution in [2.24, 2.45) is 0 Å². The Kier molecular flexibility index (Phi) is 8.13. The second-order valence-corrected chi connectivity index (χ2v) is 10.9. The van der Waals surface area contributed by atoms with E-state index in [1.165, 1.54) is 0 Å². The number of sulfone groups is 1. The summed E-state index contributed by atoms with van der Waals surface area (Å²) in [6.07, 6.45) is -4.89. The van der Waals surface area contributed by atoms with E-state index in [0.717, 1.165) is 16.7 Å². The molecule has 3 aromatic carbocycles. The summed E-state index contributed by atoms with van der Waals surface area (Å²) < 4.78 is 39.0. The highest BCUT2D eigenvalue weighted by atomic mass is 32.2. The van der Waals surface area contributed by atoms with E-state index in [-0.39, 0.29) is 19.6 Å². The minimum Gasteiger partial charge on any atom is -0.388 e. The van der Waals surface area contributed by atoms with Crippen LogP contribution in [-0.2, 0) is 38.9 Å². The summed E-state index contributed by atoms with van der Waals surface area (Å²) in [6, 6.07) is 27.9. The van der Waals surface area contributed by atoms with Crippen molar-refractivity contribution >= 4 is 9.84 Å². The standard InChI is InChI=1S/C27H30O6S/c28-25-23(32-17-21-12-6-2-7-13-21)19-34(30,31)24(16-20-10-4-1-5-11-20)27(26(25)29)33-18-22-14-8-3-9-15-22/h1-15,23-29H,16-19H2. The Bertz CT molecular complexity index is 1120. The lowest BCUT2D eigenvalue weighted by Gasteiger charge is -2.30. The van der Waals surface area contributed by atoms with E-state index in [0.29, 0.717) is 0 Å². The Morgan fingerprint density at radius 2 is 1.15 bits per heavy atom. The zero-order valence-electron chi connectivity index (χ0n) is 18.8. The number of hydrogen-bond donors (Lipinski definition) is 2. The molecule has 3 aromatic rings. The van der Waals surface area contributed by atoms with Crippen LogP contribution < -0.4 is 0 Å². The van der Waals surface area contributed by atoms with Gasteiger partial charge in [-0.05, 0) is 23.1 Å². The summed E-state index contributed by atoms with van der Waals surface area (Å²) in [7, 11) is -3.80. The van der Waals surface area contributed by atoms with E-state index in [2.05, 4.69) is 0 Å². The quantitative estimate of drug-likeness (QED) is 0.513. The monoisotopic (exact) mass is 482 g/mol. The molecule has 0 spiro atoms. The lowest BCUT2D eigenvalue weighted by molar-refractivity contribution is -0.134. The van der Waals surface area contributed by atoms with Crippen LogP contribution in [-0.4, -0.2) is 54.0 Å². The smallest absolute Gasteiger partial charge is 0.158 e. The minimum atomic E-state index is -3.80. The molecule has 180 valence electrons. The van der Waals surface area contributed by atoms with Gasteiger partial charge in [-0.15, -0.1) is 0 Å². The largest absolute Gasteiger partial charge is 0.388 e. The fraction of sp³-hybridized carbons (Fsp3) is 0.333. The molecule has 1 aliphatic heterocycles. The molecule has 1 heterocycles. The summed E-state index contributed by atoms with van der Waals surface area (Å²) in [4.78, 5) is 0. The van der Waals surface area contributed by atoms with Crippen molar-refractivity contribution in [1.82, 2.24) is 0 Å². The van der Waals surface area contributed by atoms with Crippen molar-refractivity contribution in [3.05, 3.63) is 108 Å². The average Bonchev–Trinajstić information content (AvgIpc) is 2.92. The third kappa shape index (κ3) is 6.11. The van der Waals surface area contributed by atoms with Gasteiger partial charge in [0.2, 0.25) is 0 Å². The molecule has 0 saturated carbocycles. The Balaban J connectivity index is 1.60. The van der Waals surface area contributed by atoms with Gasteiger partial charge in [0.1, 0.15) is 24.4 Å². The van der Waals surface area contributed by atoms with Crippen LogP contribution in [0.3, 0.4) is 0 Å². The summed E-state index contributed by atoms with van der Waals surface area (Å²) in [5, 5.41) is 21.1. The molecule has 0 aliphatic carbocycles. The molecule has 0 radical (unpaired) electrons. The molecular weight excluding hydrogens is 452 g/mol. The first-order valence-electron chi connectivity index (χ1n) is 11.4. The zero-order valence-corrected chi connectivity index (χ0v) is 19.6. The molecule has 2 N–H and O–H groups in total. The first-order valence-corrected chi connectivity index (χ1v) is 13.1. The van der Waals surface area contributed by atoms with Gasteiger partial charge >= 0.3 is 0 Å². The van der Waals surface area contributed by atoms with Crippen LogP contribution in [0.5, 0.6) is 0 Å². The second-order valence-electron chi connectivity index (χ2n) is 8.64. The Hall–Kier alpha value is -2.55. The van der Waals surface area contributed by atoms with Crippen LogP contribution in [0.15, 0.2) is 91.0 Å². The van der Waals surface area contributed by atoms with E-state index < -0.39 is 45.3 Å². The maximum atomic E-state index is 13.6. The fourth-order valence-corrected chi connectivity index (χ4v) is 6.37. The van der Waals surface area contributed by atoms with Crippen LogP contribution >= 0.6 is 0 Å². The summed E-state index contributed by atoms with van der Waals surface area (Å²) in [5.41, 5.74) is 2.51. The normalized spacial score (nSPS) is 26.6. The van der Waals surface area contributed by atoms with Crippen molar-refractivity contribution in [1.29, 1.82) is 0 Å². The zero-order chi connectivity index (χ0) is 24.0. The third-order valence-corrected chi connectivity index (χ3v) is 8.31. The Labute approximate surface area is 200 Å². The lowest BCUT2D eigenvalue weighted by atomic mass is 9.97. The topological polar surface area (TPSA) is 93.1 Å². The van der Waals surface area contributed by atoms with Gasteiger partial charge in [-0.3, -0.25) is 0 Å². The summed E-state index contributed by atoms with van der Waals surface area (Å²) in [6.45, 7) is 0.245. The highest BCUT2D eigenvalue weighted by Gasteiger charge is 2.48. The maximum absolute atomic E-state index is 13.6. The molecule has 0 aromatic heterocycles. The average molecular weight is 483 g/mol. The van der Waals surface area contributed by atoms with Crippen LogP contribution in [0.4, 0.5) is 0 Å². The van der Waals surface area contributed by atoms with Gasteiger partial charge in [0.25, 0.3) is 0 Å². The molecule has 1 fully saturated rings. The van der Waals surface area contributed by atoms with Gasteiger partial charge in [-0.2, -0.15) is 0 Å². The molecule has 0 bridgehead atoms. The maximum Gasteiger partial charge on any atom is 0.158 e. The van der Waals surface area contributed by atoms with Gasteiger partial charge in [0.05, 0.1) is 24.2 Å². The first-order chi connectivity index (χ1) is 16.4. The molecule has 0 amide bonds. The number of aliphatic hydroxyl groups excluding tert-OH is 2. The van der Waals surface area contributed by atoms with Gasteiger partial charge < -0.3 is 19.7 Å². The van der Waals surface area contributed by atoms with Gasteiger partial charge in [-0.1, -0.05) is 91.0 Å². The molecule has 5 atom stereocenters. The number of rotatable bonds is 8. The predicted molar refractivity (Wildman–Crippen MR) is 130 cm³/mol. The van der Waals surface area contributed by atoms with Crippen LogP contribution in [0, 0.1) is 0 Å². The molecule has 4 rings (SSSR count). The highest BCUT2D eigenvalue weighted by Crippen LogP contribution is 2.29. The van der Waals surface area contributed by atoms with Crippen LogP contribution in [0.1, 0.15) is 16.7 Å². The van der Waals surface area contributed by atoms with Crippen LogP contribution in [0.25, 0.3) is 0 Å². The van der Waals surface area contributed by atoms with Crippen molar-refractivity contribution in [2.45, 2.75) is 49.3 Å². The lowest BCUT2D eigenvalue weighted by Crippen LogP contribution is -2.49. The van der Waals surface area contributed by atoms with E-state index in [1.807, 2.05) is 91.0 Å². The number of hydrogen-bond acceptors (Lipinski definition) is 6. The molecular formula is C27H30O6S. The van der Waals surface area contributed by atoms with Crippen molar-refractivity contribution < 1.29 is 28.1 Å².